The molecule has 0 aliphatic carbocycles. The molecule has 0 bridgehead atoms. The molecule has 0 fully saturated rings. The summed E-state index contributed by atoms with van der Waals surface area (Å²) in [5.41, 5.74) is 3.40. The lowest BCUT2D eigenvalue weighted by molar-refractivity contribution is -0.142. The first-order chi connectivity index (χ1) is 8.58. The van der Waals surface area contributed by atoms with Crippen molar-refractivity contribution in [1.29, 1.82) is 0 Å². The molecule has 0 saturated carbocycles. The lowest BCUT2D eigenvalue weighted by Crippen LogP contribution is -2.24. The van der Waals surface area contributed by atoms with E-state index in [1.165, 1.54) is 5.56 Å². The highest BCUT2D eigenvalue weighted by Crippen LogP contribution is 2.23. The summed E-state index contributed by atoms with van der Waals surface area (Å²) >= 11 is 0. The number of nitrogens with one attached hydrogen (secondary N) is 1. The maximum absolute atomic E-state index is 11.2. The molecule has 1 rings (SSSR count). The van der Waals surface area contributed by atoms with Crippen molar-refractivity contribution in [1.82, 2.24) is 5.32 Å². The van der Waals surface area contributed by atoms with Crippen molar-refractivity contribution < 1.29 is 14.3 Å². The van der Waals surface area contributed by atoms with Gasteiger partial charge in [0.05, 0.1) is 20.3 Å². The number of benzene rings is 1. The Bertz CT molecular complexity index is 416. The van der Waals surface area contributed by atoms with Crippen molar-refractivity contribution in [3.05, 3.63) is 28.8 Å². The van der Waals surface area contributed by atoms with Crippen LogP contribution >= 0.6 is 0 Å². The molecule has 4 heteroatoms. The van der Waals surface area contributed by atoms with Gasteiger partial charge >= 0.3 is 5.97 Å². The number of aryl methyl sites for hydroxylation is 2. The quantitative estimate of drug-likeness (QED) is 0.785. The third kappa shape index (κ3) is 4.04. The molecule has 0 amide bonds. The summed E-state index contributed by atoms with van der Waals surface area (Å²) in [6.45, 7) is 7.08. The number of esters is 1. The fraction of sp³-hybridized carbons (Fsp3) is 0.500. The second kappa shape index (κ2) is 7.01. The van der Waals surface area contributed by atoms with E-state index < -0.39 is 0 Å². The Morgan fingerprint density at radius 2 is 2.06 bits per heavy atom. The van der Waals surface area contributed by atoms with E-state index in [2.05, 4.69) is 11.4 Å². The van der Waals surface area contributed by atoms with Gasteiger partial charge in [0, 0.05) is 12.1 Å². The number of rotatable bonds is 6. The van der Waals surface area contributed by atoms with E-state index in [0.717, 1.165) is 16.9 Å². The van der Waals surface area contributed by atoms with E-state index >= 15 is 0 Å². The molecular weight excluding hydrogens is 230 g/mol. The zero-order chi connectivity index (χ0) is 13.5. The molecule has 0 spiro atoms. The molecule has 1 aromatic carbocycles. The number of methoxy groups -OCH3 is 1. The van der Waals surface area contributed by atoms with Gasteiger partial charge in [-0.25, -0.2) is 0 Å². The van der Waals surface area contributed by atoms with Crippen LogP contribution in [0.5, 0.6) is 5.75 Å². The van der Waals surface area contributed by atoms with Crippen LogP contribution in [0, 0.1) is 13.8 Å². The lowest BCUT2D eigenvalue weighted by atomic mass is 10.0. The molecule has 0 radical (unpaired) electrons. The number of hydrogen-bond donors (Lipinski definition) is 1. The molecule has 1 N–H and O–H groups in total. The number of hydrogen-bond acceptors (Lipinski definition) is 4. The average molecular weight is 251 g/mol. The minimum absolute atomic E-state index is 0.213. The summed E-state index contributed by atoms with van der Waals surface area (Å²) in [4.78, 5) is 11.2. The lowest BCUT2D eigenvalue weighted by Gasteiger charge is -2.13. The van der Waals surface area contributed by atoms with Crippen LogP contribution in [0.1, 0.15) is 23.6 Å². The van der Waals surface area contributed by atoms with Gasteiger partial charge < -0.3 is 14.8 Å². The summed E-state index contributed by atoms with van der Waals surface area (Å²) in [5.74, 6) is 0.616. The van der Waals surface area contributed by atoms with E-state index in [1.807, 2.05) is 19.9 Å². The monoisotopic (exact) mass is 251 g/mol. The molecule has 0 aliphatic rings. The van der Waals surface area contributed by atoms with Crippen LogP contribution in [-0.2, 0) is 16.1 Å². The molecule has 0 unspecified atom stereocenters. The minimum atomic E-state index is -0.235. The first-order valence-corrected chi connectivity index (χ1v) is 6.09. The standard InChI is InChI=1S/C14H21NO3/c1-5-18-14(16)9-15-8-12-11(3)6-10(2)7-13(12)17-4/h6-7,15H,5,8-9H2,1-4H3. The van der Waals surface area contributed by atoms with Gasteiger partial charge in [-0.1, -0.05) is 6.07 Å². The SMILES string of the molecule is CCOC(=O)CNCc1c(C)cc(C)cc1OC. The largest absolute Gasteiger partial charge is 0.496 e. The zero-order valence-electron chi connectivity index (χ0n) is 11.5. The highest BCUT2D eigenvalue weighted by atomic mass is 16.5. The van der Waals surface area contributed by atoms with Crippen molar-refractivity contribution in [2.24, 2.45) is 0 Å². The highest BCUT2D eigenvalue weighted by Gasteiger charge is 2.08. The van der Waals surface area contributed by atoms with Gasteiger partial charge in [-0.2, -0.15) is 0 Å². The summed E-state index contributed by atoms with van der Waals surface area (Å²) in [5, 5.41) is 3.07. The van der Waals surface area contributed by atoms with Crippen LogP contribution < -0.4 is 10.1 Å². The Balaban J connectivity index is 2.64. The first-order valence-electron chi connectivity index (χ1n) is 6.09. The molecule has 0 heterocycles. The first kappa shape index (κ1) is 14.5. The van der Waals surface area contributed by atoms with E-state index in [1.54, 1.807) is 14.0 Å². The molecule has 100 valence electrons. The van der Waals surface area contributed by atoms with Crippen LogP contribution in [0.4, 0.5) is 0 Å². The highest BCUT2D eigenvalue weighted by molar-refractivity contribution is 5.71. The molecule has 0 aliphatic heterocycles. The third-order valence-corrected chi connectivity index (χ3v) is 2.67. The Morgan fingerprint density at radius 3 is 2.67 bits per heavy atom. The van der Waals surface area contributed by atoms with Gasteiger partial charge in [0.1, 0.15) is 5.75 Å². The third-order valence-electron chi connectivity index (χ3n) is 2.67. The Kier molecular flexibility index (Phi) is 5.65. The summed E-state index contributed by atoms with van der Waals surface area (Å²) in [7, 11) is 1.66. The van der Waals surface area contributed by atoms with Gasteiger partial charge in [0.15, 0.2) is 0 Å². The molecular formula is C14H21NO3. The van der Waals surface area contributed by atoms with Crippen molar-refractivity contribution in [2.75, 3.05) is 20.3 Å². The molecule has 0 aromatic heterocycles. The fourth-order valence-corrected chi connectivity index (χ4v) is 1.87. The smallest absolute Gasteiger partial charge is 0.319 e. The Labute approximate surface area is 108 Å². The summed E-state index contributed by atoms with van der Waals surface area (Å²) in [6.07, 6.45) is 0. The van der Waals surface area contributed by atoms with Gasteiger partial charge in [-0.15, -0.1) is 0 Å². The summed E-state index contributed by atoms with van der Waals surface area (Å²) in [6, 6.07) is 4.10. The fourth-order valence-electron chi connectivity index (χ4n) is 1.87. The normalized spacial score (nSPS) is 10.2. The molecule has 18 heavy (non-hydrogen) atoms. The van der Waals surface area contributed by atoms with Crippen LogP contribution in [0.15, 0.2) is 12.1 Å². The molecule has 0 atom stereocenters. The van der Waals surface area contributed by atoms with Crippen molar-refractivity contribution in [2.45, 2.75) is 27.3 Å². The molecule has 4 nitrogen and oxygen atoms in total. The van der Waals surface area contributed by atoms with Gasteiger partial charge in [0.2, 0.25) is 0 Å². The number of carbonyl (C=O) groups is 1. The van der Waals surface area contributed by atoms with Crippen molar-refractivity contribution >= 4 is 5.97 Å². The van der Waals surface area contributed by atoms with Gasteiger partial charge in [-0.05, 0) is 38.0 Å². The van der Waals surface area contributed by atoms with Gasteiger partial charge in [0.25, 0.3) is 0 Å². The van der Waals surface area contributed by atoms with Crippen LogP contribution in [-0.4, -0.2) is 26.2 Å². The Hall–Kier alpha value is -1.55. The minimum Gasteiger partial charge on any atom is -0.496 e. The second-order valence-corrected chi connectivity index (χ2v) is 4.17. The maximum Gasteiger partial charge on any atom is 0.319 e. The maximum atomic E-state index is 11.2. The topological polar surface area (TPSA) is 47.6 Å². The average Bonchev–Trinajstić information content (AvgIpc) is 2.31. The zero-order valence-corrected chi connectivity index (χ0v) is 11.5. The van der Waals surface area contributed by atoms with E-state index in [9.17, 15) is 4.79 Å². The van der Waals surface area contributed by atoms with Crippen LogP contribution in [0.3, 0.4) is 0 Å². The van der Waals surface area contributed by atoms with Crippen molar-refractivity contribution in [3.63, 3.8) is 0 Å². The Morgan fingerprint density at radius 1 is 1.33 bits per heavy atom. The number of carbonyl (C=O) groups excluding carboxylic acids is 1. The van der Waals surface area contributed by atoms with E-state index in [-0.39, 0.29) is 12.5 Å². The van der Waals surface area contributed by atoms with E-state index in [0.29, 0.717) is 13.2 Å². The predicted molar refractivity (Wildman–Crippen MR) is 70.8 cm³/mol. The van der Waals surface area contributed by atoms with E-state index in [4.69, 9.17) is 9.47 Å². The second-order valence-electron chi connectivity index (χ2n) is 4.17. The molecule has 0 saturated heterocycles. The van der Waals surface area contributed by atoms with Gasteiger partial charge in [-0.3, -0.25) is 4.79 Å². The number of ether oxygens (including phenoxy) is 2. The van der Waals surface area contributed by atoms with Crippen molar-refractivity contribution in [3.8, 4) is 5.75 Å². The predicted octanol–water partition coefficient (Wildman–Crippen LogP) is 1.96. The molecule has 1 aromatic rings. The van der Waals surface area contributed by atoms with Crippen LogP contribution in [0.2, 0.25) is 0 Å². The van der Waals surface area contributed by atoms with Crippen LogP contribution in [0.25, 0.3) is 0 Å². The summed E-state index contributed by atoms with van der Waals surface area (Å²) < 4.78 is 10.2.